The summed E-state index contributed by atoms with van der Waals surface area (Å²) in [6.45, 7) is 0. The molecule has 1 aromatic rings. The lowest BCUT2D eigenvalue weighted by atomic mass is 9.95. The van der Waals surface area contributed by atoms with Crippen molar-refractivity contribution in [2.45, 2.75) is 62.7 Å². The molecule has 0 bridgehead atoms. The Morgan fingerprint density at radius 1 is 1.03 bits per heavy atom. The number of nitrogens with one attached hydrogen (secondary N) is 1. The van der Waals surface area contributed by atoms with Gasteiger partial charge in [-0.3, -0.25) is 23.4 Å². The van der Waals surface area contributed by atoms with Crippen LogP contribution in [-0.4, -0.2) is 60.1 Å². The van der Waals surface area contributed by atoms with Crippen molar-refractivity contribution >= 4 is 23.5 Å². The Morgan fingerprint density at radius 2 is 1.66 bits per heavy atom. The molecule has 3 rings (SSSR count). The van der Waals surface area contributed by atoms with Crippen LogP contribution in [0.5, 0.6) is 0 Å². The first kappa shape index (κ1) is 28.5. The lowest BCUT2D eigenvalue weighted by Crippen LogP contribution is -2.37. The number of aliphatic hydroxyl groups is 2. The molecule has 2 fully saturated rings. The van der Waals surface area contributed by atoms with E-state index in [2.05, 4.69) is 18.1 Å². The third kappa shape index (κ3) is 7.05. The number of nitrogens with zero attached hydrogens (tertiary/aromatic N) is 1. The molecule has 1 saturated carbocycles. The lowest BCUT2D eigenvalue weighted by molar-refractivity contribution is -0.122. The number of rotatable bonds is 9. The molecule has 1 aromatic heterocycles. The smallest absolute Gasteiger partial charge is 0.387 e. The number of aliphatic hydroxyl groups excluding tert-OH is 2. The highest BCUT2D eigenvalue weighted by atomic mass is 31.3. The van der Waals surface area contributed by atoms with Crippen molar-refractivity contribution in [3.8, 4) is 0 Å². The molecule has 0 aromatic carbocycles. The lowest BCUT2D eigenvalue weighted by Gasteiger charge is -2.25. The molecule has 1 aliphatic heterocycles. The van der Waals surface area contributed by atoms with E-state index in [1.807, 2.05) is 0 Å². The molecule has 1 aliphatic carbocycles. The van der Waals surface area contributed by atoms with Crippen molar-refractivity contribution in [1.29, 1.82) is 0 Å². The number of H-pyrrole nitrogens is 1. The molecule has 1 saturated heterocycles. The van der Waals surface area contributed by atoms with Gasteiger partial charge in [0.25, 0.3) is 5.56 Å². The fourth-order valence-electron chi connectivity index (χ4n) is 3.82. The summed E-state index contributed by atoms with van der Waals surface area (Å²) in [5.74, 6) is 0. The van der Waals surface area contributed by atoms with Gasteiger partial charge in [-0.15, -0.1) is 0 Å². The first-order valence-corrected chi connectivity index (χ1v) is 14.7. The maximum Gasteiger partial charge on any atom is 0.490 e. The zero-order valence-corrected chi connectivity index (χ0v) is 20.8. The van der Waals surface area contributed by atoms with Crippen LogP contribution in [0.4, 0.5) is 0 Å². The monoisotopic (exact) mass is 566 g/mol. The van der Waals surface area contributed by atoms with Crippen LogP contribution in [0.25, 0.3) is 0 Å². The predicted octanol–water partition coefficient (Wildman–Crippen LogP) is 0.158. The molecular formula is C15H25N2O15P3. The molecular weight excluding hydrogens is 541 g/mol. The molecule has 2 heterocycles. The van der Waals surface area contributed by atoms with E-state index in [0.29, 0.717) is 20.0 Å². The second kappa shape index (κ2) is 10.8. The van der Waals surface area contributed by atoms with Crippen molar-refractivity contribution in [1.82, 2.24) is 9.55 Å². The van der Waals surface area contributed by atoms with Crippen molar-refractivity contribution in [2.24, 2.45) is 0 Å². The van der Waals surface area contributed by atoms with Gasteiger partial charge in [0.05, 0.1) is 5.56 Å². The van der Waals surface area contributed by atoms with Gasteiger partial charge in [0.15, 0.2) is 6.29 Å². The summed E-state index contributed by atoms with van der Waals surface area (Å²) < 4.78 is 58.5. The van der Waals surface area contributed by atoms with Crippen LogP contribution in [0.3, 0.4) is 0 Å². The number of phosphoric acid groups is 3. The van der Waals surface area contributed by atoms with Gasteiger partial charge in [-0.2, -0.15) is 8.62 Å². The third-order valence-electron chi connectivity index (χ3n) is 5.36. The maximum absolute atomic E-state index is 12.6. The predicted molar refractivity (Wildman–Crippen MR) is 113 cm³/mol. The maximum atomic E-state index is 12.6. The summed E-state index contributed by atoms with van der Waals surface area (Å²) in [5.41, 5.74) is -1.87. The molecule has 6 atom stereocenters. The topological polar surface area (TPSA) is 253 Å². The fraction of sp³-hybridized carbons (Fsp3) is 0.733. The summed E-state index contributed by atoms with van der Waals surface area (Å²) in [7, 11) is -15.8. The zero-order chi connectivity index (χ0) is 26.2. The van der Waals surface area contributed by atoms with Crippen molar-refractivity contribution in [3.05, 3.63) is 32.6 Å². The van der Waals surface area contributed by atoms with Gasteiger partial charge < -0.3 is 29.6 Å². The highest BCUT2D eigenvalue weighted by Crippen LogP contribution is 2.68. The van der Waals surface area contributed by atoms with Crippen LogP contribution in [-0.2, 0) is 36.1 Å². The molecule has 0 amide bonds. The third-order valence-corrected chi connectivity index (χ3v) is 9.57. The Bertz CT molecular complexity index is 1170. The van der Waals surface area contributed by atoms with Crippen LogP contribution >= 0.6 is 23.5 Å². The molecule has 0 radical (unpaired) electrons. The largest absolute Gasteiger partial charge is 0.490 e. The number of aromatic nitrogens is 2. The van der Waals surface area contributed by atoms with Crippen LogP contribution in [0, 0.1) is 0 Å². The average molecular weight is 566 g/mol. The second-order valence-electron chi connectivity index (χ2n) is 7.81. The minimum Gasteiger partial charge on any atom is -0.387 e. The number of hydrogen-bond donors (Lipinski definition) is 6. The Labute approximate surface area is 197 Å². The SMILES string of the molecule is COP(=O)(O[C@H]1O[C@@H](c2cn(C3CCCCC3)c(=O)[nH]c2=O)[C@H](O)[C@@H]1O)OP(=O)(O)OP(=O)(O)O. The van der Waals surface area contributed by atoms with E-state index in [0.717, 1.165) is 19.3 Å². The Hall–Kier alpha value is -1.03. The second-order valence-corrected chi connectivity index (χ2v) is 12.5. The van der Waals surface area contributed by atoms with E-state index in [1.165, 1.54) is 10.8 Å². The van der Waals surface area contributed by atoms with Crippen molar-refractivity contribution < 1.29 is 61.0 Å². The molecule has 200 valence electrons. The van der Waals surface area contributed by atoms with Gasteiger partial charge >= 0.3 is 29.2 Å². The van der Waals surface area contributed by atoms with E-state index >= 15 is 0 Å². The van der Waals surface area contributed by atoms with Crippen molar-refractivity contribution in [2.75, 3.05) is 7.11 Å². The Kier molecular flexibility index (Phi) is 8.77. The highest BCUT2D eigenvalue weighted by Gasteiger charge is 2.51. The van der Waals surface area contributed by atoms with Crippen molar-refractivity contribution in [3.63, 3.8) is 0 Å². The molecule has 17 nitrogen and oxygen atoms in total. The van der Waals surface area contributed by atoms with Crippen LogP contribution in [0.1, 0.15) is 49.8 Å². The van der Waals surface area contributed by atoms with Crippen LogP contribution in [0.2, 0.25) is 0 Å². The Balaban J connectivity index is 1.83. The highest BCUT2D eigenvalue weighted by molar-refractivity contribution is 7.66. The van der Waals surface area contributed by atoms with Crippen LogP contribution in [0.15, 0.2) is 15.8 Å². The number of ether oxygens (including phenoxy) is 1. The molecule has 2 aliphatic rings. The van der Waals surface area contributed by atoms with Gasteiger partial charge in [0.1, 0.15) is 18.3 Å². The first-order chi connectivity index (χ1) is 16.1. The Morgan fingerprint density at radius 3 is 2.23 bits per heavy atom. The minimum atomic E-state index is -5.72. The molecule has 0 spiro atoms. The fourth-order valence-corrected chi connectivity index (χ4v) is 7.23. The van der Waals surface area contributed by atoms with Gasteiger partial charge in [0.2, 0.25) is 0 Å². The van der Waals surface area contributed by atoms with E-state index in [1.54, 1.807) is 0 Å². The molecule has 35 heavy (non-hydrogen) atoms. The van der Waals surface area contributed by atoms with Gasteiger partial charge in [-0.25, -0.2) is 18.5 Å². The van der Waals surface area contributed by atoms with E-state index in [4.69, 9.17) is 19.0 Å². The van der Waals surface area contributed by atoms with Gasteiger partial charge in [0, 0.05) is 19.3 Å². The molecule has 20 heteroatoms. The molecule has 6 N–H and O–H groups in total. The first-order valence-electron chi connectivity index (χ1n) is 10.2. The zero-order valence-electron chi connectivity index (χ0n) is 18.1. The van der Waals surface area contributed by atoms with Gasteiger partial charge in [-0.1, -0.05) is 19.3 Å². The van der Waals surface area contributed by atoms with E-state index in [9.17, 15) is 38.4 Å². The van der Waals surface area contributed by atoms with E-state index < -0.39 is 59.3 Å². The standard InChI is InChI=1S/C15H25N2O15P3/c1-28-35(27,32-34(25,26)31-33(22,23)24)30-14-11(19)10(18)12(29-14)9-7-17(15(21)16-13(9)20)8-5-3-2-4-6-8/h7-8,10-12,14,18-19H,2-6H2,1H3,(H,25,26)(H,16,20,21)(H2,22,23,24)/t10-,11+,12+,14-,35?/m1/s1. The normalized spacial score (nSPS) is 29.5. The quantitative estimate of drug-likeness (QED) is 0.218. The summed E-state index contributed by atoms with van der Waals surface area (Å²) in [4.78, 5) is 53.6. The minimum absolute atomic E-state index is 0.211. The summed E-state index contributed by atoms with van der Waals surface area (Å²) in [6.07, 6.45) is -2.28. The molecule has 2 unspecified atom stereocenters. The average Bonchev–Trinajstić information content (AvgIpc) is 3.00. The number of phosphoric ester groups is 1. The van der Waals surface area contributed by atoms with Gasteiger partial charge in [-0.05, 0) is 12.8 Å². The number of hydrogen-bond acceptors (Lipinski definition) is 12. The van der Waals surface area contributed by atoms with E-state index in [-0.39, 0.29) is 11.6 Å². The summed E-state index contributed by atoms with van der Waals surface area (Å²) in [5, 5.41) is 20.7. The summed E-state index contributed by atoms with van der Waals surface area (Å²) in [6, 6.07) is -0.211. The number of aromatic amines is 1. The summed E-state index contributed by atoms with van der Waals surface area (Å²) >= 11 is 0. The van der Waals surface area contributed by atoms with Crippen LogP contribution < -0.4 is 11.2 Å².